The summed E-state index contributed by atoms with van der Waals surface area (Å²) in [5.41, 5.74) is 0.896. The Balaban J connectivity index is 2.64. The van der Waals surface area contributed by atoms with Crippen molar-refractivity contribution in [2.24, 2.45) is 0 Å². The molecule has 0 spiro atoms. The zero-order valence-corrected chi connectivity index (χ0v) is 8.70. The summed E-state index contributed by atoms with van der Waals surface area (Å²) in [4.78, 5) is 0. The number of benzene rings is 1. The second kappa shape index (κ2) is 3.37. The van der Waals surface area contributed by atoms with Crippen molar-refractivity contribution in [2.45, 2.75) is 19.8 Å². The van der Waals surface area contributed by atoms with E-state index in [9.17, 15) is 0 Å². The van der Waals surface area contributed by atoms with Crippen LogP contribution in [-0.4, -0.2) is 7.11 Å². The first-order valence-corrected chi connectivity index (χ1v) is 4.79. The third-order valence-corrected chi connectivity index (χ3v) is 2.33. The van der Waals surface area contributed by atoms with Gasteiger partial charge in [-0.15, -0.1) is 0 Å². The molecule has 1 aromatic heterocycles. The van der Waals surface area contributed by atoms with Crippen molar-refractivity contribution in [3.05, 3.63) is 30.0 Å². The molecule has 14 heavy (non-hydrogen) atoms. The Bertz CT molecular complexity index is 441. The molecule has 0 aliphatic carbocycles. The second-order valence-electron chi connectivity index (χ2n) is 3.68. The number of hydrogen-bond acceptors (Lipinski definition) is 2. The van der Waals surface area contributed by atoms with E-state index < -0.39 is 0 Å². The molecular weight excluding hydrogens is 176 g/mol. The minimum Gasteiger partial charge on any atom is -0.496 e. The molecule has 2 rings (SSSR count). The average molecular weight is 190 g/mol. The zero-order valence-electron chi connectivity index (χ0n) is 8.70. The van der Waals surface area contributed by atoms with Gasteiger partial charge in [-0.05, 0) is 18.2 Å². The van der Waals surface area contributed by atoms with Crippen molar-refractivity contribution in [1.82, 2.24) is 0 Å². The largest absolute Gasteiger partial charge is 0.496 e. The summed E-state index contributed by atoms with van der Waals surface area (Å²) in [6.07, 6.45) is 0. The summed E-state index contributed by atoms with van der Waals surface area (Å²) in [7, 11) is 1.68. The summed E-state index contributed by atoms with van der Waals surface area (Å²) < 4.78 is 11.0. The van der Waals surface area contributed by atoms with Gasteiger partial charge in [-0.1, -0.05) is 19.9 Å². The summed E-state index contributed by atoms with van der Waals surface area (Å²) in [5, 5.41) is 1.05. The molecule has 0 bridgehead atoms. The van der Waals surface area contributed by atoms with E-state index in [0.717, 1.165) is 22.5 Å². The van der Waals surface area contributed by atoms with E-state index in [1.54, 1.807) is 7.11 Å². The SMILES string of the molecule is COc1cccc2oc(C(C)C)cc12. The minimum absolute atomic E-state index is 0.409. The smallest absolute Gasteiger partial charge is 0.138 e. The molecule has 0 N–H and O–H groups in total. The highest BCUT2D eigenvalue weighted by atomic mass is 16.5. The third kappa shape index (κ3) is 1.37. The van der Waals surface area contributed by atoms with Crippen molar-refractivity contribution in [3.8, 4) is 5.75 Å². The number of rotatable bonds is 2. The van der Waals surface area contributed by atoms with Crippen LogP contribution in [-0.2, 0) is 0 Å². The molecule has 0 aliphatic rings. The fourth-order valence-corrected chi connectivity index (χ4v) is 1.52. The fourth-order valence-electron chi connectivity index (χ4n) is 1.52. The van der Waals surface area contributed by atoms with E-state index in [1.807, 2.05) is 18.2 Å². The predicted molar refractivity (Wildman–Crippen MR) is 56.9 cm³/mol. The van der Waals surface area contributed by atoms with Crippen molar-refractivity contribution >= 4 is 11.0 Å². The summed E-state index contributed by atoms with van der Waals surface area (Å²) >= 11 is 0. The predicted octanol–water partition coefficient (Wildman–Crippen LogP) is 3.56. The van der Waals surface area contributed by atoms with Crippen LogP contribution in [0.3, 0.4) is 0 Å². The van der Waals surface area contributed by atoms with Gasteiger partial charge < -0.3 is 9.15 Å². The van der Waals surface area contributed by atoms with Crippen LogP contribution in [0, 0.1) is 0 Å². The number of ether oxygens (including phenoxy) is 1. The Labute approximate surface area is 83.5 Å². The molecule has 0 amide bonds. The molecule has 74 valence electrons. The van der Waals surface area contributed by atoms with E-state index in [-0.39, 0.29) is 0 Å². The monoisotopic (exact) mass is 190 g/mol. The van der Waals surface area contributed by atoms with Gasteiger partial charge in [0.1, 0.15) is 17.1 Å². The summed E-state index contributed by atoms with van der Waals surface area (Å²) in [6, 6.07) is 7.90. The first kappa shape index (κ1) is 9.13. The average Bonchev–Trinajstić information content (AvgIpc) is 2.60. The zero-order chi connectivity index (χ0) is 10.1. The maximum atomic E-state index is 5.69. The quantitative estimate of drug-likeness (QED) is 0.722. The van der Waals surface area contributed by atoms with Crippen LogP contribution in [0.5, 0.6) is 5.75 Å². The molecule has 2 aromatic rings. The van der Waals surface area contributed by atoms with E-state index in [1.165, 1.54) is 0 Å². The molecule has 1 heterocycles. The van der Waals surface area contributed by atoms with Gasteiger partial charge in [0.05, 0.1) is 12.5 Å². The van der Waals surface area contributed by atoms with E-state index in [0.29, 0.717) is 5.92 Å². The van der Waals surface area contributed by atoms with Crippen molar-refractivity contribution in [3.63, 3.8) is 0 Å². The van der Waals surface area contributed by atoms with E-state index in [2.05, 4.69) is 19.9 Å². The summed E-state index contributed by atoms with van der Waals surface area (Å²) in [5.74, 6) is 2.29. The normalized spacial score (nSPS) is 11.1. The molecule has 0 saturated heterocycles. The van der Waals surface area contributed by atoms with E-state index >= 15 is 0 Å². The van der Waals surface area contributed by atoms with Crippen LogP contribution in [0.25, 0.3) is 11.0 Å². The number of furan rings is 1. The molecule has 2 heteroatoms. The maximum Gasteiger partial charge on any atom is 0.138 e. The van der Waals surface area contributed by atoms with Crippen LogP contribution in [0.2, 0.25) is 0 Å². The van der Waals surface area contributed by atoms with Gasteiger partial charge in [0.2, 0.25) is 0 Å². The number of hydrogen-bond donors (Lipinski definition) is 0. The highest BCUT2D eigenvalue weighted by Crippen LogP contribution is 2.31. The molecule has 1 aromatic carbocycles. The molecule has 0 unspecified atom stereocenters. The third-order valence-electron chi connectivity index (χ3n) is 2.33. The van der Waals surface area contributed by atoms with Crippen LogP contribution < -0.4 is 4.74 Å². The molecule has 0 atom stereocenters. The Morgan fingerprint density at radius 2 is 2.07 bits per heavy atom. The maximum absolute atomic E-state index is 5.69. The van der Waals surface area contributed by atoms with Crippen LogP contribution in [0.1, 0.15) is 25.5 Å². The molecule has 0 saturated carbocycles. The Hall–Kier alpha value is -1.44. The molecule has 0 aliphatic heterocycles. The van der Waals surface area contributed by atoms with Gasteiger partial charge in [0.25, 0.3) is 0 Å². The van der Waals surface area contributed by atoms with Crippen molar-refractivity contribution in [2.75, 3.05) is 7.11 Å². The highest BCUT2D eigenvalue weighted by molar-refractivity contribution is 5.84. The van der Waals surface area contributed by atoms with Gasteiger partial charge >= 0.3 is 0 Å². The highest BCUT2D eigenvalue weighted by Gasteiger charge is 2.09. The van der Waals surface area contributed by atoms with Crippen LogP contribution in [0.4, 0.5) is 0 Å². The Kier molecular flexibility index (Phi) is 2.20. The fraction of sp³-hybridized carbons (Fsp3) is 0.333. The van der Waals surface area contributed by atoms with E-state index in [4.69, 9.17) is 9.15 Å². The first-order chi connectivity index (χ1) is 6.72. The van der Waals surface area contributed by atoms with Gasteiger partial charge in [0.15, 0.2) is 0 Å². The van der Waals surface area contributed by atoms with Gasteiger partial charge in [-0.25, -0.2) is 0 Å². The molecule has 0 fully saturated rings. The first-order valence-electron chi connectivity index (χ1n) is 4.79. The molecular formula is C12H14O2. The van der Waals surface area contributed by atoms with Crippen molar-refractivity contribution in [1.29, 1.82) is 0 Å². The lowest BCUT2D eigenvalue weighted by atomic mass is 10.1. The van der Waals surface area contributed by atoms with Gasteiger partial charge in [0, 0.05) is 5.92 Å². The van der Waals surface area contributed by atoms with Crippen LogP contribution >= 0.6 is 0 Å². The van der Waals surface area contributed by atoms with Gasteiger partial charge in [-0.2, -0.15) is 0 Å². The van der Waals surface area contributed by atoms with Gasteiger partial charge in [-0.3, -0.25) is 0 Å². The Morgan fingerprint density at radius 3 is 2.71 bits per heavy atom. The minimum atomic E-state index is 0.409. The van der Waals surface area contributed by atoms with Crippen LogP contribution in [0.15, 0.2) is 28.7 Å². The number of methoxy groups -OCH3 is 1. The lowest BCUT2D eigenvalue weighted by molar-refractivity contribution is 0.419. The topological polar surface area (TPSA) is 22.4 Å². The lowest BCUT2D eigenvalue weighted by Gasteiger charge is -1.98. The lowest BCUT2D eigenvalue weighted by Crippen LogP contribution is -1.82. The standard InChI is InChI=1S/C12H14O2/c1-8(2)12-7-9-10(13-3)5-4-6-11(9)14-12/h4-8H,1-3H3. The number of fused-ring (bicyclic) bond motifs is 1. The summed E-state index contributed by atoms with van der Waals surface area (Å²) in [6.45, 7) is 4.23. The van der Waals surface area contributed by atoms with Crippen molar-refractivity contribution < 1.29 is 9.15 Å². The molecule has 0 radical (unpaired) electrons. The Morgan fingerprint density at radius 1 is 1.29 bits per heavy atom. The second-order valence-corrected chi connectivity index (χ2v) is 3.68. The molecule has 2 nitrogen and oxygen atoms in total.